The van der Waals surface area contributed by atoms with Crippen molar-refractivity contribution in [2.24, 2.45) is 0 Å². The van der Waals surface area contributed by atoms with Gasteiger partial charge >= 0.3 is 6.18 Å². The van der Waals surface area contributed by atoms with Crippen LogP contribution in [0.3, 0.4) is 0 Å². The van der Waals surface area contributed by atoms with Crippen LogP contribution in [0.1, 0.15) is 104 Å². The summed E-state index contributed by atoms with van der Waals surface area (Å²) in [5, 5.41) is 0. The van der Waals surface area contributed by atoms with E-state index in [1.165, 1.54) is 38.5 Å². The molecule has 0 rings (SSSR count). The quantitative estimate of drug-likeness (QED) is 0.197. The number of methoxy groups -OCH3 is 3. The first-order chi connectivity index (χ1) is 12.8. The molecule has 0 aromatic heterocycles. The first kappa shape index (κ1) is 28.9. The molecule has 0 spiro atoms. The Balaban J connectivity index is 0. The Morgan fingerprint density at radius 3 is 1.19 bits per heavy atom. The van der Waals surface area contributed by atoms with Crippen molar-refractivity contribution in [1.82, 2.24) is 0 Å². The van der Waals surface area contributed by atoms with Gasteiger partial charge in [-0.15, -0.1) is 0 Å². The molecule has 0 amide bonds. The molecule has 0 bridgehead atoms. The summed E-state index contributed by atoms with van der Waals surface area (Å²) < 4.78 is 50.4. The highest BCUT2D eigenvalue weighted by atomic mass is 19.4. The van der Waals surface area contributed by atoms with Gasteiger partial charge in [0.2, 0.25) is 0 Å². The zero-order valence-corrected chi connectivity index (χ0v) is 18.3. The van der Waals surface area contributed by atoms with Crippen LogP contribution in [0.25, 0.3) is 0 Å². The molecular formula is C21H43F3O3. The van der Waals surface area contributed by atoms with Crippen molar-refractivity contribution in [1.29, 1.82) is 0 Å². The second-order valence-electron chi connectivity index (χ2n) is 6.95. The lowest BCUT2D eigenvalue weighted by molar-refractivity contribution is -0.355. The molecule has 0 aliphatic carbocycles. The van der Waals surface area contributed by atoms with Gasteiger partial charge in [0.25, 0.3) is 5.97 Å². The minimum atomic E-state index is -3.95. The molecule has 0 aromatic carbocycles. The number of hydrogen-bond donors (Lipinski definition) is 0. The summed E-state index contributed by atoms with van der Waals surface area (Å²) in [6, 6.07) is 0. The Morgan fingerprint density at radius 2 is 0.852 bits per heavy atom. The molecule has 0 aliphatic heterocycles. The zero-order chi connectivity index (χ0) is 21.0. The summed E-state index contributed by atoms with van der Waals surface area (Å²) in [6.45, 7) is 4.29. The summed E-state index contributed by atoms with van der Waals surface area (Å²) in [5.41, 5.74) is 0. The maximum absolute atomic E-state index is 11.6. The minimum Gasteiger partial charge on any atom is -0.331 e. The van der Waals surface area contributed by atoms with Crippen LogP contribution in [0, 0.1) is 0 Å². The topological polar surface area (TPSA) is 27.7 Å². The number of ether oxygens (including phenoxy) is 3. The standard InChI is InChI=1S/C13H28O3.C8H15F3/c1-5-6-7-8-9-10-11-12-13(14-2,15-3)16-4;1-2-3-4-5-6-7-8(9,10)11/h5-12H2,1-4H3;2-7H2,1H3. The number of unbranched alkanes of at least 4 members (excludes halogenated alkanes) is 10. The third kappa shape index (κ3) is 20.2. The van der Waals surface area contributed by atoms with E-state index in [2.05, 4.69) is 6.92 Å². The van der Waals surface area contributed by atoms with Crippen LogP contribution in [0.2, 0.25) is 0 Å². The van der Waals surface area contributed by atoms with E-state index in [1.807, 2.05) is 6.92 Å². The van der Waals surface area contributed by atoms with Crippen molar-refractivity contribution in [2.45, 2.75) is 116 Å². The van der Waals surface area contributed by atoms with Gasteiger partial charge in [-0.05, 0) is 12.8 Å². The fourth-order valence-electron chi connectivity index (χ4n) is 2.78. The van der Waals surface area contributed by atoms with Gasteiger partial charge in [-0.3, -0.25) is 0 Å². The maximum atomic E-state index is 11.6. The van der Waals surface area contributed by atoms with Crippen molar-refractivity contribution in [2.75, 3.05) is 21.3 Å². The van der Waals surface area contributed by atoms with Crippen molar-refractivity contribution < 1.29 is 27.4 Å². The Morgan fingerprint density at radius 1 is 0.519 bits per heavy atom. The highest BCUT2D eigenvalue weighted by Crippen LogP contribution is 2.23. The molecule has 0 aliphatic rings. The Kier molecular flexibility index (Phi) is 20.3. The number of alkyl halides is 3. The average molecular weight is 401 g/mol. The van der Waals surface area contributed by atoms with Gasteiger partial charge in [0.05, 0.1) is 0 Å². The molecule has 0 N–H and O–H groups in total. The van der Waals surface area contributed by atoms with Crippen LogP contribution in [0.4, 0.5) is 13.2 Å². The van der Waals surface area contributed by atoms with E-state index in [-0.39, 0.29) is 0 Å². The Bertz CT molecular complexity index is 285. The summed E-state index contributed by atoms with van der Waals surface area (Å²) in [7, 11) is 4.86. The van der Waals surface area contributed by atoms with Gasteiger partial charge in [-0.1, -0.05) is 78.1 Å². The molecule has 3 nitrogen and oxygen atoms in total. The van der Waals surface area contributed by atoms with E-state index in [4.69, 9.17) is 14.2 Å². The van der Waals surface area contributed by atoms with Crippen molar-refractivity contribution >= 4 is 0 Å². The van der Waals surface area contributed by atoms with Gasteiger partial charge in [0.1, 0.15) is 0 Å². The molecule has 27 heavy (non-hydrogen) atoms. The summed E-state index contributed by atoms with van der Waals surface area (Å²) in [6.07, 6.45) is 9.28. The molecular weight excluding hydrogens is 357 g/mol. The molecule has 0 saturated carbocycles. The van der Waals surface area contributed by atoms with Crippen molar-refractivity contribution in [3.63, 3.8) is 0 Å². The normalized spacial score (nSPS) is 12.0. The Labute approximate surface area is 165 Å². The molecule has 0 atom stereocenters. The maximum Gasteiger partial charge on any atom is 0.389 e. The van der Waals surface area contributed by atoms with Gasteiger partial charge < -0.3 is 14.2 Å². The lowest BCUT2D eigenvalue weighted by atomic mass is 10.1. The highest BCUT2D eigenvalue weighted by molar-refractivity contribution is 4.56. The predicted molar refractivity (Wildman–Crippen MR) is 106 cm³/mol. The smallest absolute Gasteiger partial charge is 0.331 e. The molecule has 0 heterocycles. The van der Waals surface area contributed by atoms with E-state index in [0.29, 0.717) is 12.8 Å². The van der Waals surface area contributed by atoms with Gasteiger partial charge in [-0.2, -0.15) is 13.2 Å². The second-order valence-corrected chi connectivity index (χ2v) is 6.95. The van der Waals surface area contributed by atoms with Crippen LogP contribution in [-0.4, -0.2) is 33.5 Å². The van der Waals surface area contributed by atoms with Crippen molar-refractivity contribution in [3.8, 4) is 0 Å². The monoisotopic (exact) mass is 400 g/mol. The second kappa shape index (κ2) is 19.0. The molecule has 0 fully saturated rings. The zero-order valence-electron chi connectivity index (χ0n) is 18.3. The van der Waals surface area contributed by atoms with E-state index in [0.717, 1.165) is 32.1 Å². The third-order valence-electron chi connectivity index (χ3n) is 4.58. The van der Waals surface area contributed by atoms with Gasteiger partial charge in [0.15, 0.2) is 0 Å². The van der Waals surface area contributed by atoms with Gasteiger partial charge in [0, 0.05) is 34.2 Å². The number of rotatable bonds is 16. The lowest BCUT2D eigenvalue weighted by Crippen LogP contribution is -2.35. The summed E-state index contributed by atoms with van der Waals surface area (Å²) in [5.74, 6) is -0.830. The first-order valence-corrected chi connectivity index (χ1v) is 10.5. The van der Waals surface area contributed by atoms with Crippen LogP contribution >= 0.6 is 0 Å². The largest absolute Gasteiger partial charge is 0.389 e. The van der Waals surface area contributed by atoms with Crippen LogP contribution < -0.4 is 0 Å². The molecule has 0 radical (unpaired) electrons. The molecule has 0 unspecified atom stereocenters. The average Bonchev–Trinajstić information content (AvgIpc) is 2.64. The number of hydrogen-bond acceptors (Lipinski definition) is 3. The molecule has 0 saturated heterocycles. The minimum absolute atomic E-state index is 0.295. The summed E-state index contributed by atoms with van der Waals surface area (Å²) >= 11 is 0. The van der Waals surface area contributed by atoms with E-state index in [1.54, 1.807) is 21.3 Å². The number of halogens is 3. The molecule has 6 heteroatoms. The van der Waals surface area contributed by atoms with E-state index < -0.39 is 18.6 Å². The summed E-state index contributed by atoms with van der Waals surface area (Å²) in [4.78, 5) is 0. The third-order valence-corrected chi connectivity index (χ3v) is 4.58. The Hall–Kier alpha value is -0.330. The van der Waals surface area contributed by atoms with Crippen molar-refractivity contribution in [3.05, 3.63) is 0 Å². The van der Waals surface area contributed by atoms with E-state index in [9.17, 15) is 13.2 Å². The molecule has 166 valence electrons. The van der Waals surface area contributed by atoms with Crippen LogP contribution in [0.15, 0.2) is 0 Å². The SMILES string of the molecule is CCCCCCCC(F)(F)F.CCCCCCCCCC(OC)(OC)OC. The molecule has 0 aromatic rings. The predicted octanol–water partition coefficient (Wildman–Crippen LogP) is 7.63. The fourth-order valence-corrected chi connectivity index (χ4v) is 2.78. The van der Waals surface area contributed by atoms with Crippen LogP contribution in [0.5, 0.6) is 0 Å². The fraction of sp³-hybridized carbons (Fsp3) is 1.00. The lowest BCUT2D eigenvalue weighted by Gasteiger charge is -2.28. The first-order valence-electron chi connectivity index (χ1n) is 10.5. The van der Waals surface area contributed by atoms with Gasteiger partial charge in [-0.25, -0.2) is 0 Å². The van der Waals surface area contributed by atoms with E-state index >= 15 is 0 Å². The highest BCUT2D eigenvalue weighted by Gasteiger charge is 2.28. The van der Waals surface area contributed by atoms with Crippen LogP contribution in [-0.2, 0) is 14.2 Å².